The highest BCUT2D eigenvalue weighted by molar-refractivity contribution is 14.0. The van der Waals surface area contributed by atoms with E-state index in [0.29, 0.717) is 5.92 Å². The molecular weight excluding hydrogens is 435 g/mol. The number of guanidine groups is 1. The van der Waals surface area contributed by atoms with E-state index >= 15 is 0 Å². The molecule has 0 unspecified atom stereocenters. The minimum Gasteiger partial charge on any atom is -0.381 e. The summed E-state index contributed by atoms with van der Waals surface area (Å²) in [7, 11) is 1.80. The highest BCUT2D eigenvalue weighted by Crippen LogP contribution is 2.28. The molecule has 1 fully saturated rings. The van der Waals surface area contributed by atoms with Crippen LogP contribution in [0.2, 0.25) is 0 Å². The van der Waals surface area contributed by atoms with Gasteiger partial charge in [-0.05, 0) is 25.2 Å². The van der Waals surface area contributed by atoms with Crippen LogP contribution in [0.15, 0.2) is 10.4 Å². The van der Waals surface area contributed by atoms with E-state index in [4.69, 9.17) is 4.74 Å². The monoisotopic (exact) mass is 466 g/mol. The van der Waals surface area contributed by atoms with Gasteiger partial charge in [0.2, 0.25) is 0 Å². The molecule has 1 aliphatic carbocycles. The lowest BCUT2D eigenvalue weighted by molar-refractivity contribution is 0.123. The van der Waals surface area contributed by atoms with Crippen molar-refractivity contribution in [1.29, 1.82) is 0 Å². The Morgan fingerprint density at radius 3 is 2.75 bits per heavy atom. The number of aromatic nitrogens is 1. The van der Waals surface area contributed by atoms with Crippen LogP contribution in [0.1, 0.15) is 49.7 Å². The molecule has 0 bridgehead atoms. The van der Waals surface area contributed by atoms with Gasteiger partial charge in [0.15, 0.2) is 5.96 Å². The summed E-state index contributed by atoms with van der Waals surface area (Å²) in [4.78, 5) is 8.89. The smallest absolute Gasteiger partial charge is 0.190 e. The van der Waals surface area contributed by atoms with Crippen molar-refractivity contribution in [1.82, 2.24) is 15.6 Å². The predicted octanol–water partition coefficient (Wildman–Crippen LogP) is 3.41. The van der Waals surface area contributed by atoms with Crippen LogP contribution in [-0.4, -0.2) is 44.3 Å². The molecule has 0 atom stereocenters. The summed E-state index contributed by atoms with van der Waals surface area (Å²) in [5.74, 6) is 2.21. The molecular formula is C17H31IN4OS. The zero-order valence-corrected chi connectivity index (χ0v) is 18.2. The summed E-state index contributed by atoms with van der Waals surface area (Å²) in [5.41, 5.74) is 1.16. The van der Waals surface area contributed by atoms with E-state index in [1.807, 2.05) is 0 Å². The predicted molar refractivity (Wildman–Crippen MR) is 113 cm³/mol. The van der Waals surface area contributed by atoms with Crippen molar-refractivity contribution in [3.8, 4) is 0 Å². The molecule has 138 valence electrons. The summed E-state index contributed by atoms with van der Waals surface area (Å²) < 4.78 is 5.63. The number of halogens is 1. The van der Waals surface area contributed by atoms with Crippen molar-refractivity contribution in [3.05, 3.63) is 16.1 Å². The van der Waals surface area contributed by atoms with Gasteiger partial charge < -0.3 is 15.4 Å². The van der Waals surface area contributed by atoms with Crippen LogP contribution in [0.5, 0.6) is 0 Å². The highest BCUT2D eigenvalue weighted by atomic mass is 127. The minimum absolute atomic E-state index is 0. The Balaban J connectivity index is 0.00000288. The Hall–Kier alpha value is -0.410. The van der Waals surface area contributed by atoms with Crippen LogP contribution in [-0.2, 0) is 11.2 Å². The maximum Gasteiger partial charge on any atom is 0.190 e. The Morgan fingerprint density at radius 2 is 2.12 bits per heavy atom. The molecule has 5 nitrogen and oxygen atoms in total. The third-order valence-electron chi connectivity index (χ3n) is 3.77. The van der Waals surface area contributed by atoms with Gasteiger partial charge in [0.05, 0.1) is 10.7 Å². The van der Waals surface area contributed by atoms with Crippen molar-refractivity contribution in [2.24, 2.45) is 10.9 Å². The normalized spacial score (nSPS) is 14.6. The molecule has 0 aliphatic heterocycles. The van der Waals surface area contributed by atoms with Gasteiger partial charge in [-0.3, -0.25) is 4.99 Å². The zero-order valence-electron chi connectivity index (χ0n) is 15.0. The molecule has 1 saturated carbocycles. The molecule has 0 saturated heterocycles. The average Bonchev–Trinajstić information content (AvgIpc) is 3.24. The SMILES string of the molecule is CN=C(NCCCOCC1CC1)NCCc1csc(C(C)C)n1.I. The second kappa shape index (κ2) is 12.0. The van der Waals surface area contributed by atoms with Gasteiger partial charge in [-0.1, -0.05) is 13.8 Å². The number of nitrogens with one attached hydrogen (secondary N) is 2. The largest absolute Gasteiger partial charge is 0.381 e. The molecule has 2 rings (SSSR count). The molecule has 0 radical (unpaired) electrons. The van der Waals surface area contributed by atoms with Gasteiger partial charge in [-0.15, -0.1) is 35.3 Å². The van der Waals surface area contributed by atoms with Crippen LogP contribution in [0.25, 0.3) is 0 Å². The summed E-state index contributed by atoms with van der Waals surface area (Å²) in [6.07, 6.45) is 4.64. The van der Waals surface area contributed by atoms with Crippen LogP contribution < -0.4 is 10.6 Å². The quantitative estimate of drug-likeness (QED) is 0.240. The number of nitrogens with zero attached hydrogens (tertiary/aromatic N) is 2. The van der Waals surface area contributed by atoms with Gasteiger partial charge in [-0.2, -0.15) is 0 Å². The van der Waals surface area contributed by atoms with Crippen LogP contribution in [0.3, 0.4) is 0 Å². The number of thiazole rings is 1. The van der Waals surface area contributed by atoms with Crippen LogP contribution in [0.4, 0.5) is 0 Å². The molecule has 0 amide bonds. The molecule has 1 aliphatic rings. The Morgan fingerprint density at radius 1 is 1.38 bits per heavy atom. The van der Waals surface area contributed by atoms with Crippen molar-refractivity contribution in [2.45, 2.75) is 45.4 Å². The van der Waals surface area contributed by atoms with Crippen molar-refractivity contribution in [2.75, 3.05) is 33.4 Å². The fourth-order valence-electron chi connectivity index (χ4n) is 2.15. The summed E-state index contributed by atoms with van der Waals surface area (Å²) >= 11 is 1.75. The van der Waals surface area contributed by atoms with E-state index in [0.717, 1.165) is 56.7 Å². The molecule has 1 heterocycles. The van der Waals surface area contributed by atoms with Gasteiger partial charge >= 0.3 is 0 Å². The average molecular weight is 466 g/mol. The van der Waals surface area contributed by atoms with E-state index in [9.17, 15) is 0 Å². The third kappa shape index (κ3) is 8.62. The van der Waals surface area contributed by atoms with E-state index in [-0.39, 0.29) is 24.0 Å². The summed E-state index contributed by atoms with van der Waals surface area (Å²) in [5, 5.41) is 10.0. The number of aliphatic imine (C=N–C) groups is 1. The van der Waals surface area contributed by atoms with Crippen molar-refractivity contribution in [3.63, 3.8) is 0 Å². The number of hydrogen-bond acceptors (Lipinski definition) is 4. The third-order valence-corrected chi connectivity index (χ3v) is 4.96. The molecule has 0 spiro atoms. The number of ether oxygens (including phenoxy) is 1. The first-order valence-electron chi connectivity index (χ1n) is 8.65. The van der Waals surface area contributed by atoms with E-state index in [2.05, 4.69) is 39.8 Å². The first kappa shape index (κ1) is 21.6. The molecule has 24 heavy (non-hydrogen) atoms. The lowest BCUT2D eigenvalue weighted by Crippen LogP contribution is -2.39. The second-order valence-electron chi connectivity index (χ2n) is 6.38. The lowest BCUT2D eigenvalue weighted by Gasteiger charge is -2.11. The Labute approximate surface area is 167 Å². The van der Waals surface area contributed by atoms with Gasteiger partial charge in [-0.25, -0.2) is 4.98 Å². The van der Waals surface area contributed by atoms with Crippen LogP contribution >= 0.6 is 35.3 Å². The first-order valence-corrected chi connectivity index (χ1v) is 9.53. The van der Waals surface area contributed by atoms with E-state index in [1.165, 1.54) is 17.8 Å². The molecule has 1 aromatic rings. The molecule has 2 N–H and O–H groups in total. The Kier molecular flexibility index (Phi) is 10.8. The maximum atomic E-state index is 5.63. The second-order valence-corrected chi connectivity index (χ2v) is 7.27. The van der Waals surface area contributed by atoms with Gasteiger partial charge in [0.25, 0.3) is 0 Å². The molecule has 0 aromatic carbocycles. The van der Waals surface area contributed by atoms with E-state index in [1.54, 1.807) is 18.4 Å². The van der Waals surface area contributed by atoms with Crippen LogP contribution in [0, 0.1) is 5.92 Å². The zero-order chi connectivity index (χ0) is 16.5. The highest BCUT2D eigenvalue weighted by Gasteiger charge is 2.20. The van der Waals surface area contributed by atoms with Crippen molar-refractivity contribution >= 4 is 41.3 Å². The van der Waals surface area contributed by atoms with Gasteiger partial charge in [0, 0.05) is 51.1 Å². The molecule has 1 aromatic heterocycles. The summed E-state index contributed by atoms with van der Waals surface area (Å²) in [6.45, 7) is 7.87. The summed E-state index contributed by atoms with van der Waals surface area (Å²) in [6, 6.07) is 0. The lowest BCUT2D eigenvalue weighted by atomic mass is 10.2. The number of rotatable bonds is 10. The van der Waals surface area contributed by atoms with E-state index < -0.39 is 0 Å². The number of hydrogen-bond donors (Lipinski definition) is 2. The fraction of sp³-hybridized carbons (Fsp3) is 0.765. The topological polar surface area (TPSA) is 58.5 Å². The maximum absolute atomic E-state index is 5.63. The minimum atomic E-state index is 0. The van der Waals surface area contributed by atoms with Gasteiger partial charge in [0.1, 0.15) is 0 Å². The molecule has 7 heteroatoms. The Bertz CT molecular complexity index is 489. The fourth-order valence-corrected chi connectivity index (χ4v) is 3.02. The standard InChI is InChI=1S/C17H30N4OS.HI/c1-13(2)16-21-15(12-23-16)7-9-20-17(18-3)19-8-4-10-22-11-14-5-6-14;/h12-14H,4-11H2,1-3H3,(H2,18,19,20);1H. The van der Waals surface area contributed by atoms with Crippen molar-refractivity contribution < 1.29 is 4.74 Å². The first-order chi connectivity index (χ1) is 11.2.